The second kappa shape index (κ2) is 6.90. The highest BCUT2D eigenvalue weighted by molar-refractivity contribution is 5.22. The van der Waals surface area contributed by atoms with E-state index >= 15 is 0 Å². The summed E-state index contributed by atoms with van der Waals surface area (Å²) in [6, 6.07) is 0. The lowest BCUT2D eigenvalue weighted by Gasteiger charge is -2.36. The van der Waals surface area contributed by atoms with Crippen LogP contribution in [0.25, 0.3) is 0 Å². The molecule has 0 aliphatic carbocycles. The van der Waals surface area contributed by atoms with Crippen molar-refractivity contribution in [3.8, 4) is 0 Å². The lowest BCUT2D eigenvalue weighted by molar-refractivity contribution is 0.0224. The molecule has 1 N–H and O–H groups in total. The van der Waals surface area contributed by atoms with Gasteiger partial charge in [-0.15, -0.1) is 0 Å². The summed E-state index contributed by atoms with van der Waals surface area (Å²) in [6.45, 7) is 13.0. The molecule has 0 radical (unpaired) electrons. The molecule has 5 heteroatoms. The molecule has 3 heterocycles. The van der Waals surface area contributed by atoms with Gasteiger partial charge in [0.15, 0.2) is 0 Å². The van der Waals surface area contributed by atoms with Crippen molar-refractivity contribution in [1.29, 1.82) is 0 Å². The largest absolute Gasteiger partial charge is 0.379 e. The molecular weight excluding hydrogens is 264 g/mol. The smallest absolute Gasteiger partial charge is 0.0639 e. The van der Waals surface area contributed by atoms with E-state index in [0.717, 1.165) is 44.5 Å². The molecule has 2 fully saturated rings. The number of rotatable bonds is 4. The number of likely N-dealkylation sites (tertiary alicyclic amines) is 1. The Labute approximate surface area is 127 Å². The van der Waals surface area contributed by atoms with Gasteiger partial charge in [-0.3, -0.25) is 14.9 Å². The van der Waals surface area contributed by atoms with Crippen LogP contribution >= 0.6 is 0 Å². The highest BCUT2D eigenvalue weighted by Gasteiger charge is 2.24. The number of hydrogen-bond acceptors (Lipinski definition) is 4. The van der Waals surface area contributed by atoms with Crippen molar-refractivity contribution in [2.75, 3.05) is 45.9 Å². The number of H-pyrrole nitrogens is 1. The third kappa shape index (κ3) is 3.84. The Hall–Kier alpha value is -0.910. The molecule has 0 unspecified atom stereocenters. The molecule has 2 aliphatic rings. The maximum absolute atomic E-state index is 5.44. The normalized spacial score (nSPS) is 25.3. The second-order valence-electron chi connectivity index (χ2n) is 6.57. The minimum atomic E-state index is 0.810. The van der Waals surface area contributed by atoms with Crippen LogP contribution in [0.4, 0.5) is 0 Å². The summed E-state index contributed by atoms with van der Waals surface area (Å²) in [7, 11) is 0. The predicted octanol–water partition coefficient (Wildman–Crippen LogP) is 1.57. The van der Waals surface area contributed by atoms with Gasteiger partial charge in [-0.2, -0.15) is 5.10 Å². The summed E-state index contributed by atoms with van der Waals surface area (Å²) in [5.74, 6) is 0.810. The monoisotopic (exact) mass is 292 g/mol. The zero-order chi connectivity index (χ0) is 14.7. The molecule has 0 bridgehead atoms. The van der Waals surface area contributed by atoms with E-state index in [9.17, 15) is 0 Å². The summed E-state index contributed by atoms with van der Waals surface area (Å²) in [4.78, 5) is 5.19. The first kappa shape index (κ1) is 15.0. The first-order valence-electron chi connectivity index (χ1n) is 8.25. The number of ether oxygens (including phenoxy) is 1. The number of aromatic nitrogens is 2. The van der Waals surface area contributed by atoms with E-state index < -0.39 is 0 Å². The summed E-state index contributed by atoms with van der Waals surface area (Å²) < 4.78 is 5.44. The Morgan fingerprint density at radius 1 is 1.19 bits per heavy atom. The standard InChI is InChI=1S/C16H28N4O/c1-13-16(14(2)18-17-13)12-20-5-3-4-15(11-20)10-19-6-8-21-9-7-19/h15H,3-12H2,1-2H3,(H,17,18)/t15-/m1/s1. The van der Waals surface area contributed by atoms with Crippen molar-refractivity contribution in [2.45, 2.75) is 33.2 Å². The van der Waals surface area contributed by atoms with E-state index in [1.54, 1.807) is 0 Å². The van der Waals surface area contributed by atoms with Gasteiger partial charge in [-0.05, 0) is 39.2 Å². The van der Waals surface area contributed by atoms with Crippen LogP contribution in [0.15, 0.2) is 0 Å². The number of nitrogens with one attached hydrogen (secondary N) is 1. The molecular formula is C16H28N4O. The lowest BCUT2D eigenvalue weighted by Crippen LogP contribution is -2.44. The van der Waals surface area contributed by atoms with Crippen molar-refractivity contribution >= 4 is 0 Å². The summed E-state index contributed by atoms with van der Waals surface area (Å²) in [5, 5.41) is 7.43. The average Bonchev–Trinajstić information content (AvgIpc) is 2.81. The SMILES string of the molecule is Cc1n[nH]c(C)c1CN1CCC[C@H](CN2CCOCC2)C1. The first-order chi connectivity index (χ1) is 10.2. The summed E-state index contributed by atoms with van der Waals surface area (Å²) in [6.07, 6.45) is 2.70. The molecule has 0 spiro atoms. The number of piperidine rings is 1. The third-order valence-electron chi connectivity index (χ3n) is 4.89. The summed E-state index contributed by atoms with van der Waals surface area (Å²) >= 11 is 0. The Kier molecular flexibility index (Phi) is 4.93. The van der Waals surface area contributed by atoms with Crippen molar-refractivity contribution in [2.24, 2.45) is 5.92 Å². The first-order valence-corrected chi connectivity index (χ1v) is 8.25. The minimum Gasteiger partial charge on any atom is -0.379 e. The van der Waals surface area contributed by atoms with E-state index in [4.69, 9.17) is 4.74 Å². The number of nitrogens with zero attached hydrogens (tertiary/aromatic N) is 3. The van der Waals surface area contributed by atoms with Crippen molar-refractivity contribution in [3.63, 3.8) is 0 Å². The van der Waals surface area contributed by atoms with E-state index in [-0.39, 0.29) is 0 Å². The Balaban J connectivity index is 1.53. The van der Waals surface area contributed by atoms with Crippen LogP contribution in [0.1, 0.15) is 29.8 Å². The molecule has 3 rings (SSSR count). The van der Waals surface area contributed by atoms with E-state index in [2.05, 4.69) is 33.8 Å². The van der Waals surface area contributed by atoms with Gasteiger partial charge in [0.2, 0.25) is 0 Å². The molecule has 2 aliphatic heterocycles. The number of aromatic amines is 1. The quantitative estimate of drug-likeness (QED) is 0.915. The van der Waals surface area contributed by atoms with Crippen LogP contribution in [0.3, 0.4) is 0 Å². The fraction of sp³-hybridized carbons (Fsp3) is 0.812. The fourth-order valence-electron chi connectivity index (χ4n) is 3.62. The molecule has 118 valence electrons. The number of hydrogen-bond donors (Lipinski definition) is 1. The zero-order valence-electron chi connectivity index (χ0n) is 13.4. The third-order valence-corrected chi connectivity index (χ3v) is 4.89. The van der Waals surface area contributed by atoms with Crippen LogP contribution in [0.5, 0.6) is 0 Å². The highest BCUT2D eigenvalue weighted by atomic mass is 16.5. The fourth-order valence-corrected chi connectivity index (χ4v) is 3.62. The molecule has 0 amide bonds. The van der Waals surface area contributed by atoms with Gasteiger partial charge in [0.1, 0.15) is 0 Å². The van der Waals surface area contributed by atoms with Crippen molar-refractivity contribution in [3.05, 3.63) is 17.0 Å². The van der Waals surface area contributed by atoms with Crippen LogP contribution < -0.4 is 0 Å². The molecule has 21 heavy (non-hydrogen) atoms. The molecule has 0 aromatic carbocycles. The van der Waals surface area contributed by atoms with Crippen molar-refractivity contribution in [1.82, 2.24) is 20.0 Å². The molecule has 1 aromatic rings. The van der Waals surface area contributed by atoms with E-state index in [0.29, 0.717) is 0 Å². The molecule has 1 atom stereocenters. The molecule has 5 nitrogen and oxygen atoms in total. The predicted molar refractivity (Wildman–Crippen MR) is 83.3 cm³/mol. The van der Waals surface area contributed by atoms with Gasteiger partial charge in [0.25, 0.3) is 0 Å². The zero-order valence-corrected chi connectivity index (χ0v) is 13.4. The van der Waals surface area contributed by atoms with Crippen LogP contribution in [0.2, 0.25) is 0 Å². The lowest BCUT2D eigenvalue weighted by atomic mass is 9.96. The van der Waals surface area contributed by atoms with Crippen LogP contribution in [-0.2, 0) is 11.3 Å². The van der Waals surface area contributed by atoms with Crippen molar-refractivity contribution < 1.29 is 4.74 Å². The Morgan fingerprint density at radius 2 is 2.00 bits per heavy atom. The Bertz CT molecular complexity index is 434. The number of aryl methyl sites for hydroxylation is 2. The average molecular weight is 292 g/mol. The second-order valence-corrected chi connectivity index (χ2v) is 6.57. The van der Waals surface area contributed by atoms with Gasteiger partial charge < -0.3 is 4.74 Å². The van der Waals surface area contributed by atoms with Crippen LogP contribution in [-0.4, -0.2) is 65.9 Å². The summed E-state index contributed by atoms with van der Waals surface area (Å²) in [5.41, 5.74) is 3.77. The van der Waals surface area contributed by atoms with E-state index in [1.165, 1.54) is 43.7 Å². The van der Waals surface area contributed by atoms with Gasteiger partial charge in [0.05, 0.1) is 18.9 Å². The van der Waals surface area contributed by atoms with Gasteiger partial charge in [0, 0.05) is 44.0 Å². The van der Waals surface area contributed by atoms with Gasteiger partial charge in [-0.25, -0.2) is 0 Å². The molecule has 2 saturated heterocycles. The maximum atomic E-state index is 5.44. The molecule has 1 aromatic heterocycles. The topological polar surface area (TPSA) is 44.4 Å². The van der Waals surface area contributed by atoms with Gasteiger partial charge in [-0.1, -0.05) is 0 Å². The highest BCUT2D eigenvalue weighted by Crippen LogP contribution is 2.21. The Morgan fingerprint density at radius 3 is 2.71 bits per heavy atom. The molecule has 0 saturated carbocycles. The van der Waals surface area contributed by atoms with Gasteiger partial charge >= 0.3 is 0 Å². The van der Waals surface area contributed by atoms with E-state index in [1.807, 2.05) is 0 Å². The maximum Gasteiger partial charge on any atom is 0.0639 e. The number of morpholine rings is 1. The van der Waals surface area contributed by atoms with Crippen LogP contribution in [0, 0.1) is 19.8 Å². The minimum absolute atomic E-state index is 0.810.